The molecule has 0 N–H and O–H groups in total. The molecule has 19 heavy (non-hydrogen) atoms. The summed E-state index contributed by atoms with van der Waals surface area (Å²) in [5.41, 5.74) is 2.24. The Labute approximate surface area is 130 Å². The fourth-order valence-corrected chi connectivity index (χ4v) is 2.77. The summed E-state index contributed by atoms with van der Waals surface area (Å²) in [4.78, 5) is 0. The highest BCUT2D eigenvalue weighted by atomic mass is 79.9. The molecule has 0 fully saturated rings. The topological polar surface area (TPSA) is 18.5 Å². The average Bonchev–Trinajstić information content (AvgIpc) is 2.45. The van der Waals surface area contributed by atoms with E-state index < -0.39 is 0 Å². The lowest BCUT2D eigenvalue weighted by molar-refractivity contribution is 0.303. The van der Waals surface area contributed by atoms with Crippen LogP contribution in [0.15, 0.2) is 46.9 Å². The summed E-state index contributed by atoms with van der Waals surface area (Å²) in [6.45, 7) is 0.534. The molecule has 4 heteroatoms. The number of alkyl halides is 1. The molecule has 2 aromatic rings. The molecule has 0 aliphatic rings. The second kappa shape index (κ2) is 6.96. The molecule has 0 saturated heterocycles. The highest BCUT2D eigenvalue weighted by Crippen LogP contribution is 2.27. The number of hydrogen-bond donors (Lipinski definition) is 0. The van der Waals surface area contributed by atoms with Gasteiger partial charge in [-0.3, -0.25) is 0 Å². The molecule has 0 heterocycles. The molecule has 2 nitrogen and oxygen atoms in total. The third kappa shape index (κ3) is 3.74. The quantitative estimate of drug-likeness (QED) is 0.679. The molecule has 0 radical (unpaired) electrons. The standard InChI is InChI=1S/C15H14Br2O2/c1-18-15-7-6-11(8-13(15)17)10-19-14-5-3-2-4-12(14)9-16/h2-8H,9-10H2,1H3. The van der Waals surface area contributed by atoms with E-state index in [0.29, 0.717) is 6.61 Å². The van der Waals surface area contributed by atoms with Gasteiger partial charge in [0.2, 0.25) is 0 Å². The Morgan fingerprint density at radius 1 is 1.05 bits per heavy atom. The van der Waals surface area contributed by atoms with Crippen molar-refractivity contribution in [1.29, 1.82) is 0 Å². The molecule has 0 aliphatic heterocycles. The van der Waals surface area contributed by atoms with Crippen LogP contribution in [0.5, 0.6) is 11.5 Å². The first-order valence-corrected chi connectivity index (χ1v) is 7.75. The van der Waals surface area contributed by atoms with E-state index in [1.165, 1.54) is 0 Å². The predicted molar refractivity (Wildman–Crippen MR) is 84.1 cm³/mol. The maximum Gasteiger partial charge on any atom is 0.133 e. The monoisotopic (exact) mass is 384 g/mol. The van der Waals surface area contributed by atoms with Gasteiger partial charge in [0.1, 0.15) is 18.1 Å². The van der Waals surface area contributed by atoms with Gasteiger partial charge in [-0.1, -0.05) is 40.2 Å². The first kappa shape index (κ1) is 14.4. The predicted octanol–water partition coefficient (Wildman–Crippen LogP) is 4.93. The molecule has 2 rings (SSSR count). The van der Waals surface area contributed by atoms with Gasteiger partial charge < -0.3 is 9.47 Å². The maximum atomic E-state index is 5.85. The Morgan fingerprint density at radius 2 is 1.84 bits per heavy atom. The van der Waals surface area contributed by atoms with Crippen LogP contribution in [0, 0.1) is 0 Å². The van der Waals surface area contributed by atoms with E-state index in [2.05, 4.69) is 31.9 Å². The molecule has 0 amide bonds. The van der Waals surface area contributed by atoms with Gasteiger partial charge >= 0.3 is 0 Å². The highest BCUT2D eigenvalue weighted by molar-refractivity contribution is 9.10. The average molecular weight is 386 g/mol. The van der Waals surface area contributed by atoms with E-state index in [1.807, 2.05) is 42.5 Å². The summed E-state index contributed by atoms with van der Waals surface area (Å²) in [7, 11) is 1.66. The first-order chi connectivity index (χ1) is 9.24. The molecule has 2 aromatic carbocycles. The normalized spacial score (nSPS) is 10.3. The summed E-state index contributed by atoms with van der Waals surface area (Å²) in [5.74, 6) is 1.73. The van der Waals surface area contributed by atoms with Crippen molar-refractivity contribution in [3.8, 4) is 11.5 Å². The zero-order valence-electron chi connectivity index (χ0n) is 10.5. The van der Waals surface area contributed by atoms with Crippen LogP contribution < -0.4 is 9.47 Å². The van der Waals surface area contributed by atoms with Crippen molar-refractivity contribution in [2.75, 3.05) is 7.11 Å². The van der Waals surface area contributed by atoms with Crippen LogP contribution in [-0.4, -0.2) is 7.11 Å². The molecule has 0 spiro atoms. The Balaban J connectivity index is 2.08. The number of methoxy groups -OCH3 is 1. The number of hydrogen-bond acceptors (Lipinski definition) is 2. The van der Waals surface area contributed by atoms with Crippen molar-refractivity contribution in [3.05, 3.63) is 58.1 Å². The summed E-state index contributed by atoms with van der Waals surface area (Å²) in [6, 6.07) is 14.0. The van der Waals surface area contributed by atoms with E-state index in [9.17, 15) is 0 Å². The van der Waals surface area contributed by atoms with Gasteiger partial charge in [-0.25, -0.2) is 0 Å². The lowest BCUT2D eigenvalue weighted by atomic mass is 10.2. The van der Waals surface area contributed by atoms with Gasteiger partial charge in [-0.05, 0) is 39.7 Å². The van der Waals surface area contributed by atoms with Gasteiger partial charge in [0, 0.05) is 10.9 Å². The van der Waals surface area contributed by atoms with Crippen LogP contribution in [0.2, 0.25) is 0 Å². The van der Waals surface area contributed by atoms with Crippen molar-refractivity contribution < 1.29 is 9.47 Å². The molecular formula is C15H14Br2O2. The summed E-state index contributed by atoms with van der Waals surface area (Å²) in [5, 5.41) is 0.787. The fraction of sp³-hybridized carbons (Fsp3) is 0.200. The van der Waals surface area contributed by atoms with Crippen LogP contribution in [0.25, 0.3) is 0 Å². The summed E-state index contributed by atoms with van der Waals surface area (Å²) >= 11 is 6.93. The summed E-state index contributed by atoms with van der Waals surface area (Å²) in [6.07, 6.45) is 0. The zero-order chi connectivity index (χ0) is 13.7. The van der Waals surface area contributed by atoms with Crippen LogP contribution in [-0.2, 0) is 11.9 Å². The second-order valence-electron chi connectivity index (χ2n) is 4.00. The Kier molecular flexibility index (Phi) is 5.28. The van der Waals surface area contributed by atoms with Crippen molar-refractivity contribution in [2.24, 2.45) is 0 Å². The third-order valence-electron chi connectivity index (χ3n) is 2.73. The van der Waals surface area contributed by atoms with E-state index in [-0.39, 0.29) is 0 Å². The van der Waals surface area contributed by atoms with Crippen molar-refractivity contribution in [3.63, 3.8) is 0 Å². The molecule has 0 saturated carbocycles. The van der Waals surface area contributed by atoms with E-state index in [1.54, 1.807) is 7.11 Å². The van der Waals surface area contributed by atoms with Gasteiger partial charge in [-0.2, -0.15) is 0 Å². The van der Waals surface area contributed by atoms with E-state index in [0.717, 1.165) is 32.4 Å². The minimum Gasteiger partial charge on any atom is -0.496 e. The van der Waals surface area contributed by atoms with Crippen LogP contribution in [0.3, 0.4) is 0 Å². The van der Waals surface area contributed by atoms with Gasteiger partial charge in [0.25, 0.3) is 0 Å². The Bertz CT molecular complexity index is 556. The maximum absolute atomic E-state index is 5.85. The number of halogens is 2. The molecule has 100 valence electrons. The Morgan fingerprint density at radius 3 is 2.53 bits per heavy atom. The molecule has 0 bridgehead atoms. The molecule has 0 aromatic heterocycles. The molecule has 0 unspecified atom stereocenters. The van der Waals surface area contributed by atoms with Crippen molar-refractivity contribution in [1.82, 2.24) is 0 Å². The summed E-state index contributed by atoms with van der Waals surface area (Å²) < 4.78 is 12.0. The Hall–Kier alpha value is -1.000. The fourth-order valence-electron chi connectivity index (χ4n) is 1.72. The molecule has 0 atom stereocenters. The second-order valence-corrected chi connectivity index (χ2v) is 5.41. The van der Waals surface area contributed by atoms with Gasteiger partial charge in [0.15, 0.2) is 0 Å². The highest BCUT2D eigenvalue weighted by Gasteiger charge is 2.04. The van der Waals surface area contributed by atoms with Crippen LogP contribution in [0.1, 0.15) is 11.1 Å². The van der Waals surface area contributed by atoms with Crippen molar-refractivity contribution in [2.45, 2.75) is 11.9 Å². The van der Waals surface area contributed by atoms with E-state index in [4.69, 9.17) is 9.47 Å². The number of rotatable bonds is 5. The minimum absolute atomic E-state index is 0.534. The number of para-hydroxylation sites is 1. The largest absolute Gasteiger partial charge is 0.496 e. The smallest absolute Gasteiger partial charge is 0.133 e. The van der Waals surface area contributed by atoms with Gasteiger partial charge in [-0.15, -0.1) is 0 Å². The lowest BCUT2D eigenvalue weighted by Gasteiger charge is -2.11. The van der Waals surface area contributed by atoms with Gasteiger partial charge in [0.05, 0.1) is 11.6 Å². The lowest BCUT2D eigenvalue weighted by Crippen LogP contribution is -1.98. The zero-order valence-corrected chi connectivity index (χ0v) is 13.7. The van der Waals surface area contributed by atoms with Crippen molar-refractivity contribution >= 4 is 31.9 Å². The minimum atomic E-state index is 0.534. The molecule has 0 aliphatic carbocycles. The van der Waals surface area contributed by atoms with Crippen LogP contribution in [0.4, 0.5) is 0 Å². The first-order valence-electron chi connectivity index (χ1n) is 5.83. The number of ether oxygens (including phenoxy) is 2. The third-order valence-corrected chi connectivity index (χ3v) is 3.95. The molecular weight excluding hydrogens is 372 g/mol. The van der Waals surface area contributed by atoms with Crippen LogP contribution >= 0.6 is 31.9 Å². The van der Waals surface area contributed by atoms with E-state index >= 15 is 0 Å². The SMILES string of the molecule is COc1ccc(COc2ccccc2CBr)cc1Br. The number of benzene rings is 2.